The van der Waals surface area contributed by atoms with Gasteiger partial charge in [0.25, 0.3) is 0 Å². The standard InChI is InChI=1S/C15H20O2S.C13H16O5S.C13H16O4S.C8H12O2.C7H8S/c1-12(16)8-9-15(13(2)17)11-18-10-14-6-4-3-5-7-14;14-12(15)7-6-11(13(16)17)9-19(18)8-10-4-2-1-3-5-10;14-12(15)7-6-11(13(16)17)9-18-8-10-4-2-1-3-5-10;1-6(8(3)10)4-5-7(2)9;8-6-7-4-2-1-3-5-7/h3-7,15H,8-11H2,1-2H3;1-5,11H,6-9H2,(H,14,15)(H,16,17);1-5,11H,6-9H2,(H,14,15)(H,16,17);1,4-5H2,2-3H3;1-5,8H,6H2. The van der Waals surface area contributed by atoms with Crippen molar-refractivity contribution < 1.29 is 63.0 Å². The fraction of sp³-hybridized carbons (Fsp3) is 0.393. The van der Waals surface area contributed by atoms with E-state index in [1.807, 2.05) is 97.1 Å². The van der Waals surface area contributed by atoms with E-state index in [0.29, 0.717) is 37.0 Å². The molecule has 0 saturated heterocycles. The number of benzene rings is 4. The minimum absolute atomic E-state index is 0.00516. The van der Waals surface area contributed by atoms with Crippen LogP contribution in [0.2, 0.25) is 0 Å². The van der Waals surface area contributed by atoms with Crippen molar-refractivity contribution in [3.8, 4) is 0 Å². The van der Waals surface area contributed by atoms with Gasteiger partial charge in [0.2, 0.25) is 0 Å². The monoisotopic (exact) mass is 1080 g/mol. The van der Waals surface area contributed by atoms with E-state index in [4.69, 9.17) is 20.4 Å². The number of carbonyl (C=O) groups excluding carboxylic acids is 4. The van der Waals surface area contributed by atoms with Gasteiger partial charge in [0.15, 0.2) is 5.78 Å². The van der Waals surface area contributed by atoms with Gasteiger partial charge in [-0.05, 0) is 81.2 Å². The van der Waals surface area contributed by atoms with Crippen LogP contribution in [0, 0.1) is 17.8 Å². The summed E-state index contributed by atoms with van der Waals surface area (Å²) in [6.45, 7) is 9.69. The summed E-state index contributed by atoms with van der Waals surface area (Å²) < 4.78 is 11.9. The highest BCUT2D eigenvalue weighted by atomic mass is 32.2. The molecule has 4 aromatic rings. The zero-order chi connectivity index (χ0) is 55.0. The zero-order valence-corrected chi connectivity index (χ0v) is 45.6. The predicted octanol–water partition coefficient (Wildman–Crippen LogP) is 11.1. The van der Waals surface area contributed by atoms with E-state index in [9.17, 15) is 42.6 Å². The van der Waals surface area contributed by atoms with Gasteiger partial charge in [0, 0.05) is 82.7 Å². The number of hydrogen-bond acceptors (Lipinski definition) is 12. The maximum atomic E-state index is 11.9. The molecular formula is C56H72O13S4. The Labute approximate surface area is 447 Å². The van der Waals surface area contributed by atoms with E-state index >= 15 is 0 Å². The van der Waals surface area contributed by atoms with Crippen LogP contribution in [0.15, 0.2) is 133 Å². The lowest BCUT2D eigenvalue weighted by Crippen LogP contribution is -2.22. The van der Waals surface area contributed by atoms with Crippen LogP contribution in [0.1, 0.15) is 101 Å². The van der Waals surface area contributed by atoms with Gasteiger partial charge < -0.3 is 30.0 Å². The maximum Gasteiger partial charge on any atom is 0.307 e. The predicted molar refractivity (Wildman–Crippen MR) is 297 cm³/mol. The number of aliphatic carboxylic acids is 4. The number of ketones is 4. The third-order valence-electron chi connectivity index (χ3n) is 10.3. The average molecular weight is 1080 g/mol. The molecule has 0 aliphatic rings. The van der Waals surface area contributed by atoms with Crippen LogP contribution in [0.5, 0.6) is 0 Å². The molecule has 17 heteroatoms. The van der Waals surface area contributed by atoms with E-state index in [1.165, 1.54) is 36.7 Å². The minimum Gasteiger partial charge on any atom is -0.481 e. The molecule has 0 aliphatic carbocycles. The molecule has 0 radical (unpaired) electrons. The highest BCUT2D eigenvalue weighted by Gasteiger charge is 2.22. The van der Waals surface area contributed by atoms with E-state index in [0.717, 1.165) is 34.1 Å². The van der Waals surface area contributed by atoms with E-state index in [2.05, 4.69) is 43.5 Å². The van der Waals surface area contributed by atoms with Crippen LogP contribution >= 0.6 is 36.2 Å². The van der Waals surface area contributed by atoms with Gasteiger partial charge in [-0.1, -0.05) is 128 Å². The van der Waals surface area contributed by atoms with Crippen LogP contribution in [0.3, 0.4) is 0 Å². The van der Waals surface area contributed by atoms with Crippen molar-refractivity contribution in [3.63, 3.8) is 0 Å². The fourth-order valence-electron chi connectivity index (χ4n) is 5.85. The third kappa shape index (κ3) is 38.6. The number of Topliss-reactive ketones (excluding diaryl/α,β-unsaturated/α-hetero) is 4. The van der Waals surface area contributed by atoms with E-state index in [1.54, 1.807) is 25.6 Å². The van der Waals surface area contributed by atoms with Crippen molar-refractivity contribution in [3.05, 3.63) is 156 Å². The minimum atomic E-state index is -1.31. The Morgan fingerprint density at radius 1 is 0.507 bits per heavy atom. The Bertz CT molecular complexity index is 2200. The number of thioether (sulfide) groups is 2. The number of carboxylic acid groups (broad SMARTS) is 4. The molecule has 73 heavy (non-hydrogen) atoms. The first-order valence-corrected chi connectivity index (χ1v) is 27.9. The molecule has 4 rings (SSSR count). The smallest absolute Gasteiger partial charge is 0.307 e. The molecule has 0 saturated carbocycles. The van der Waals surface area contributed by atoms with E-state index < -0.39 is 46.5 Å². The molecule has 0 amide bonds. The first-order chi connectivity index (χ1) is 34.6. The van der Waals surface area contributed by atoms with Crippen LogP contribution in [-0.2, 0) is 72.2 Å². The Hall–Kier alpha value is -5.62. The van der Waals surface area contributed by atoms with Gasteiger partial charge in [0.1, 0.15) is 17.3 Å². The molecule has 0 bridgehead atoms. The lowest BCUT2D eigenvalue weighted by Gasteiger charge is -2.12. The summed E-state index contributed by atoms with van der Waals surface area (Å²) in [5, 5.41) is 35.0. The van der Waals surface area contributed by atoms with Crippen molar-refractivity contribution in [1.29, 1.82) is 0 Å². The second-order valence-electron chi connectivity index (χ2n) is 16.7. The lowest BCUT2D eigenvalue weighted by molar-refractivity contribution is -0.143. The van der Waals surface area contributed by atoms with Crippen molar-refractivity contribution in [2.75, 3.05) is 17.3 Å². The van der Waals surface area contributed by atoms with Crippen LogP contribution < -0.4 is 0 Å². The van der Waals surface area contributed by atoms with Crippen LogP contribution in [-0.4, -0.2) is 88.9 Å². The zero-order valence-electron chi connectivity index (χ0n) is 42.2. The van der Waals surface area contributed by atoms with Gasteiger partial charge in [-0.2, -0.15) is 36.2 Å². The molecule has 13 nitrogen and oxygen atoms in total. The SMILES string of the molecule is C=C(CCC(C)=O)C(C)=O.CC(=O)CCC(CSCc1ccccc1)C(C)=O.O=C(O)CCC(CS(=O)Cc1ccccc1)C(=O)O.O=C(O)CCC(CSCc1ccccc1)C(=O)O.SCc1ccccc1. The van der Waals surface area contributed by atoms with Crippen LogP contribution in [0.4, 0.5) is 0 Å². The van der Waals surface area contributed by atoms with Gasteiger partial charge in [0.05, 0.1) is 11.8 Å². The highest BCUT2D eigenvalue weighted by molar-refractivity contribution is 7.98. The summed E-state index contributed by atoms with van der Waals surface area (Å²) in [5.41, 5.74) is 5.11. The second kappa shape index (κ2) is 41.8. The number of carbonyl (C=O) groups is 8. The number of hydrogen-bond donors (Lipinski definition) is 5. The molecule has 4 N–H and O–H groups in total. The van der Waals surface area contributed by atoms with Gasteiger partial charge >= 0.3 is 23.9 Å². The number of carboxylic acids is 4. The summed E-state index contributed by atoms with van der Waals surface area (Å²) in [7, 11) is -1.31. The Morgan fingerprint density at radius 2 is 0.877 bits per heavy atom. The molecule has 4 unspecified atom stereocenters. The van der Waals surface area contributed by atoms with Crippen molar-refractivity contribution >= 4 is 94.0 Å². The average Bonchev–Trinajstić information content (AvgIpc) is 3.35. The van der Waals surface area contributed by atoms with Gasteiger partial charge in [-0.15, -0.1) is 0 Å². The molecule has 4 aromatic carbocycles. The molecule has 4 atom stereocenters. The van der Waals surface area contributed by atoms with Gasteiger partial charge in [-0.3, -0.25) is 33.0 Å². The number of allylic oxidation sites excluding steroid dienone is 1. The highest BCUT2D eigenvalue weighted by Crippen LogP contribution is 2.21. The quantitative estimate of drug-likeness (QED) is 0.0251. The Balaban J connectivity index is 0.000000916. The first kappa shape index (κ1) is 67.4. The normalized spacial score (nSPS) is 11.7. The van der Waals surface area contributed by atoms with Crippen molar-refractivity contribution in [2.45, 2.75) is 102 Å². The molecule has 398 valence electrons. The molecule has 0 aromatic heterocycles. The largest absolute Gasteiger partial charge is 0.481 e. The second-order valence-corrected chi connectivity index (χ2v) is 20.6. The Kier molecular flexibility index (Phi) is 38.6. The summed E-state index contributed by atoms with van der Waals surface area (Å²) in [6, 6.07) is 39.3. The van der Waals surface area contributed by atoms with Crippen molar-refractivity contribution in [1.82, 2.24) is 0 Å². The molecule has 0 aliphatic heterocycles. The van der Waals surface area contributed by atoms with Gasteiger partial charge in [-0.25, -0.2) is 0 Å². The van der Waals surface area contributed by atoms with E-state index in [-0.39, 0.29) is 66.2 Å². The molecule has 0 spiro atoms. The summed E-state index contributed by atoms with van der Waals surface area (Å²) in [4.78, 5) is 86.2. The topological polar surface area (TPSA) is 235 Å². The summed E-state index contributed by atoms with van der Waals surface area (Å²) in [5.74, 6) is -1.00. The summed E-state index contributed by atoms with van der Waals surface area (Å²) >= 11 is 7.39. The molecule has 0 heterocycles. The van der Waals surface area contributed by atoms with Crippen molar-refractivity contribution in [2.24, 2.45) is 17.8 Å². The van der Waals surface area contributed by atoms with Crippen LogP contribution in [0.25, 0.3) is 0 Å². The molecular weight excluding hydrogens is 1010 g/mol. The maximum absolute atomic E-state index is 11.9. The summed E-state index contributed by atoms with van der Waals surface area (Å²) in [6.07, 6.45) is 2.01. The molecule has 0 fully saturated rings. The lowest BCUT2D eigenvalue weighted by atomic mass is 10.0. The fourth-order valence-corrected chi connectivity index (χ4v) is 9.87. The number of rotatable bonds is 29. The number of thiol groups is 1. The Morgan fingerprint density at radius 3 is 1.22 bits per heavy atom. The third-order valence-corrected chi connectivity index (χ3v) is 14.4. The first-order valence-electron chi connectivity index (χ1n) is 23.5.